The van der Waals surface area contributed by atoms with Crippen LogP contribution >= 0.6 is 0 Å². The maximum absolute atomic E-state index is 2.44. The molecule has 2 heteroatoms. The summed E-state index contributed by atoms with van der Waals surface area (Å²) in [6, 6.07) is 35.1. The van der Waals surface area contributed by atoms with Crippen molar-refractivity contribution in [2.45, 2.75) is 12.8 Å². The summed E-state index contributed by atoms with van der Waals surface area (Å²) >= 11 is 0. The van der Waals surface area contributed by atoms with E-state index in [4.69, 9.17) is 0 Å². The summed E-state index contributed by atoms with van der Waals surface area (Å²) in [5, 5.41) is 6.61. The van der Waals surface area contributed by atoms with Crippen LogP contribution in [0.15, 0.2) is 97.1 Å². The van der Waals surface area contributed by atoms with Crippen molar-refractivity contribution in [1.29, 1.82) is 0 Å². The number of para-hydroxylation sites is 3. The molecule has 0 spiro atoms. The molecule has 152 valence electrons. The first-order chi connectivity index (χ1) is 15.9. The molecular weight excluding hydrogens is 388 g/mol. The van der Waals surface area contributed by atoms with Gasteiger partial charge in [0.2, 0.25) is 0 Å². The molecule has 0 fully saturated rings. The van der Waals surface area contributed by atoms with Gasteiger partial charge in [-0.1, -0.05) is 66.7 Å². The molecule has 0 unspecified atom stereocenters. The minimum atomic E-state index is 1.10. The quantitative estimate of drug-likeness (QED) is 0.327. The Bertz CT molecular complexity index is 1760. The number of benzene rings is 4. The van der Waals surface area contributed by atoms with E-state index in [1.165, 1.54) is 54.7 Å². The molecule has 6 aromatic rings. The normalized spacial score (nSPS) is 13.2. The smallest absolute Gasteiger partial charge is 0.0542 e. The van der Waals surface area contributed by atoms with Crippen LogP contribution in [0, 0.1) is 0 Å². The van der Waals surface area contributed by atoms with Crippen molar-refractivity contribution in [3.8, 4) is 11.4 Å². The highest BCUT2D eigenvalue weighted by atomic mass is 15.0. The summed E-state index contributed by atoms with van der Waals surface area (Å²) in [7, 11) is 0. The predicted octanol–water partition coefficient (Wildman–Crippen LogP) is 6.08. The van der Waals surface area contributed by atoms with Gasteiger partial charge in [0.1, 0.15) is 0 Å². The van der Waals surface area contributed by atoms with Gasteiger partial charge in [0.05, 0.1) is 16.6 Å². The molecule has 0 saturated heterocycles. The van der Waals surface area contributed by atoms with Crippen LogP contribution in [0.1, 0.15) is 12.8 Å². The molecule has 1 aliphatic carbocycles. The number of fused-ring (bicyclic) bond motifs is 6. The van der Waals surface area contributed by atoms with Crippen LogP contribution in [0.3, 0.4) is 0 Å². The van der Waals surface area contributed by atoms with Gasteiger partial charge in [-0.2, -0.15) is 0 Å². The van der Waals surface area contributed by atoms with Gasteiger partial charge < -0.3 is 9.13 Å². The van der Waals surface area contributed by atoms with E-state index >= 15 is 0 Å². The van der Waals surface area contributed by atoms with Gasteiger partial charge in [-0.25, -0.2) is 0 Å². The van der Waals surface area contributed by atoms with Crippen molar-refractivity contribution >= 4 is 44.9 Å². The zero-order valence-electron chi connectivity index (χ0n) is 17.7. The Labute approximate surface area is 186 Å². The number of nitrogens with zero attached hydrogens (tertiary/aromatic N) is 2. The van der Waals surface area contributed by atoms with Crippen LogP contribution < -0.4 is 10.6 Å². The molecule has 2 heterocycles. The molecule has 32 heavy (non-hydrogen) atoms. The number of rotatable bonds is 2. The lowest BCUT2D eigenvalue weighted by atomic mass is 10.1. The fraction of sp³-hybridized carbons (Fsp3) is 0.0667. The van der Waals surface area contributed by atoms with Crippen LogP contribution in [0.5, 0.6) is 0 Å². The number of aromatic nitrogens is 2. The summed E-state index contributed by atoms with van der Waals surface area (Å²) in [4.78, 5) is 0. The first kappa shape index (κ1) is 17.6. The van der Waals surface area contributed by atoms with Crippen LogP contribution in [0.2, 0.25) is 0 Å². The van der Waals surface area contributed by atoms with E-state index in [0.29, 0.717) is 0 Å². The first-order valence-electron chi connectivity index (χ1n) is 11.3. The Morgan fingerprint density at radius 1 is 0.469 bits per heavy atom. The Morgan fingerprint density at radius 3 is 1.97 bits per heavy atom. The standard InChI is InChI=1S/C30H22N2/c1-2-10-21(11-3-1)31-29-17-9-6-14-25(29)26-20-22(18-19-30(26)31)32-27-15-7-4-12-23(27)24-13-5-8-16-28(24)32/h1-4,6-7,9-20H,5,8H2. The van der Waals surface area contributed by atoms with E-state index in [0.717, 1.165) is 12.8 Å². The second kappa shape index (κ2) is 6.73. The fourth-order valence-corrected chi connectivity index (χ4v) is 5.38. The Balaban J connectivity index is 1.59. The minimum absolute atomic E-state index is 1.10. The molecule has 7 rings (SSSR count). The van der Waals surface area contributed by atoms with Crippen LogP contribution in [-0.4, -0.2) is 9.13 Å². The molecule has 1 aliphatic rings. The maximum atomic E-state index is 2.44. The number of hydrogen-bond donors (Lipinski definition) is 0. The second-order valence-electron chi connectivity index (χ2n) is 8.53. The summed E-state index contributed by atoms with van der Waals surface area (Å²) < 4.78 is 4.81. The highest BCUT2D eigenvalue weighted by Gasteiger charge is 2.15. The second-order valence-corrected chi connectivity index (χ2v) is 8.53. The van der Waals surface area contributed by atoms with E-state index in [1.54, 1.807) is 0 Å². The molecular formula is C30H22N2. The average molecular weight is 411 g/mol. The van der Waals surface area contributed by atoms with E-state index in [1.807, 2.05) is 0 Å². The third-order valence-electron chi connectivity index (χ3n) is 6.73. The van der Waals surface area contributed by atoms with E-state index in [2.05, 4.69) is 118 Å². The molecule has 2 nitrogen and oxygen atoms in total. The van der Waals surface area contributed by atoms with Gasteiger partial charge in [-0.3, -0.25) is 0 Å². The lowest BCUT2D eigenvalue weighted by molar-refractivity contribution is 1.03. The lowest BCUT2D eigenvalue weighted by Gasteiger charge is -2.10. The van der Waals surface area contributed by atoms with Gasteiger partial charge in [0.15, 0.2) is 0 Å². The Kier molecular flexibility index (Phi) is 3.71. The monoisotopic (exact) mass is 410 g/mol. The van der Waals surface area contributed by atoms with Crippen molar-refractivity contribution in [3.05, 3.63) is 108 Å². The zero-order valence-corrected chi connectivity index (χ0v) is 17.7. The van der Waals surface area contributed by atoms with Gasteiger partial charge in [-0.15, -0.1) is 0 Å². The molecule has 0 amide bonds. The van der Waals surface area contributed by atoms with Gasteiger partial charge in [0.25, 0.3) is 0 Å². The van der Waals surface area contributed by atoms with Crippen molar-refractivity contribution in [2.24, 2.45) is 0 Å². The third kappa shape index (κ3) is 2.41. The summed E-state index contributed by atoms with van der Waals surface area (Å²) in [5.41, 5.74) is 6.17. The molecule has 2 aromatic heterocycles. The first-order valence-corrected chi connectivity index (χ1v) is 11.3. The number of hydrogen-bond acceptors (Lipinski definition) is 0. The summed E-state index contributed by atoms with van der Waals surface area (Å²) in [6.07, 6.45) is 7.00. The molecule has 0 bridgehead atoms. The van der Waals surface area contributed by atoms with Crippen LogP contribution in [0.25, 0.3) is 56.2 Å². The molecule has 0 N–H and O–H groups in total. The van der Waals surface area contributed by atoms with Crippen molar-refractivity contribution in [1.82, 2.24) is 9.13 Å². The molecule has 4 aromatic carbocycles. The topological polar surface area (TPSA) is 9.86 Å². The lowest BCUT2D eigenvalue weighted by Crippen LogP contribution is -2.30. The maximum Gasteiger partial charge on any atom is 0.0542 e. The zero-order chi connectivity index (χ0) is 21.1. The molecule has 0 radical (unpaired) electrons. The summed E-state index contributed by atoms with van der Waals surface area (Å²) in [5.74, 6) is 0. The van der Waals surface area contributed by atoms with E-state index in [9.17, 15) is 0 Å². The molecule has 0 saturated carbocycles. The Hall–Kier alpha value is -4.04. The Morgan fingerprint density at radius 2 is 1.12 bits per heavy atom. The van der Waals surface area contributed by atoms with E-state index in [-0.39, 0.29) is 0 Å². The van der Waals surface area contributed by atoms with Gasteiger partial charge in [0, 0.05) is 38.1 Å². The average Bonchev–Trinajstić information content (AvgIpc) is 3.37. The third-order valence-corrected chi connectivity index (χ3v) is 6.73. The van der Waals surface area contributed by atoms with Crippen molar-refractivity contribution in [2.75, 3.05) is 0 Å². The molecule has 0 aliphatic heterocycles. The highest BCUT2D eigenvalue weighted by Crippen LogP contribution is 2.33. The predicted molar refractivity (Wildman–Crippen MR) is 135 cm³/mol. The van der Waals surface area contributed by atoms with Crippen molar-refractivity contribution < 1.29 is 0 Å². The summed E-state index contributed by atoms with van der Waals surface area (Å²) in [6.45, 7) is 0. The molecule has 0 atom stereocenters. The van der Waals surface area contributed by atoms with Gasteiger partial charge in [-0.05, 0) is 55.3 Å². The SMILES string of the molecule is C1=c2c(n(-c3ccc4c(c3)c3ccccc3n4-c3ccccc3)c3ccccc23)=CCC1. The highest BCUT2D eigenvalue weighted by molar-refractivity contribution is 6.10. The van der Waals surface area contributed by atoms with Crippen LogP contribution in [-0.2, 0) is 0 Å². The largest absolute Gasteiger partial charge is 0.310 e. The van der Waals surface area contributed by atoms with Crippen LogP contribution in [0.4, 0.5) is 0 Å². The minimum Gasteiger partial charge on any atom is -0.310 e. The van der Waals surface area contributed by atoms with Gasteiger partial charge >= 0.3 is 0 Å². The van der Waals surface area contributed by atoms with Crippen molar-refractivity contribution in [3.63, 3.8) is 0 Å². The van der Waals surface area contributed by atoms with E-state index < -0.39 is 0 Å². The fourth-order valence-electron chi connectivity index (χ4n) is 5.38.